The highest BCUT2D eigenvalue weighted by atomic mass is 16.5. The lowest BCUT2D eigenvalue weighted by Gasteiger charge is -2.41. The van der Waals surface area contributed by atoms with E-state index < -0.39 is 17.4 Å². The van der Waals surface area contributed by atoms with E-state index in [9.17, 15) is 14.7 Å². The van der Waals surface area contributed by atoms with Crippen LogP contribution in [-0.2, 0) is 29.0 Å². The van der Waals surface area contributed by atoms with Crippen LogP contribution in [0.15, 0.2) is 12.1 Å². The Bertz CT molecular complexity index is 753. The van der Waals surface area contributed by atoms with Gasteiger partial charge in [0.1, 0.15) is 5.75 Å². The number of piperidine rings is 1. The predicted molar refractivity (Wildman–Crippen MR) is 101 cm³/mol. The van der Waals surface area contributed by atoms with Gasteiger partial charge in [0.15, 0.2) is 0 Å². The molecule has 1 amide bonds. The first-order chi connectivity index (χ1) is 13.0. The summed E-state index contributed by atoms with van der Waals surface area (Å²) in [6, 6.07) is 4.51. The van der Waals surface area contributed by atoms with Gasteiger partial charge >= 0.3 is 5.97 Å². The molecule has 146 valence electrons. The van der Waals surface area contributed by atoms with Crippen molar-refractivity contribution in [3.8, 4) is 5.75 Å². The van der Waals surface area contributed by atoms with Crippen molar-refractivity contribution in [3.63, 3.8) is 0 Å². The predicted octanol–water partition coefficient (Wildman–Crippen LogP) is 2.13. The van der Waals surface area contributed by atoms with E-state index in [-0.39, 0.29) is 12.3 Å². The van der Waals surface area contributed by atoms with Crippen molar-refractivity contribution in [1.29, 1.82) is 0 Å². The Morgan fingerprint density at radius 3 is 2.67 bits per heavy atom. The smallest absolute Gasteiger partial charge is 0.309 e. The van der Waals surface area contributed by atoms with Gasteiger partial charge < -0.3 is 15.2 Å². The third-order valence-electron chi connectivity index (χ3n) is 6.46. The zero-order valence-corrected chi connectivity index (χ0v) is 15.9. The number of carboxylic acids is 1. The maximum Gasteiger partial charge on any atom is 0.309 e. The van der Waals surface area contributed by atoms with E-state index in [1.54, 1.807) is 0 Å². The topological polar surface area (TPSA) is 78.9 Å². The molecule has 6 nitrogen and oxygen atoms in total. The fourth-order valence-corrected chi connectivity index (χ4v) is 5.01. The molecule has 2 saturated heterocycles. The summed E-state index contributed by atoms with van der Waals surface area (Å²) in [5.41, 5.74) is 3.51. The molecule has 6 heteroatoms. The van der Waals surface area contributed by atoms with Crippen molar-refractivity contribution in [1.82, 2.24) is 10.2 Å². The summed E-state index contributed by atoms with van der Waals surface area (Å²) in [7, 11) is 0. The number of aryl methyl sites for hydroxylation is 2. The first-order valence-corrected chi connectivity index (χ1v) is 10.0. The third-order valence-corrected chi connectivity index (χ3v) is 6.46. The Balaban J connectivity index is 1.47. The van der Waals surface area contributed by atoms with Gasteiger partial charge in [-0.25, -0.2) is 0 Å². The summed E-state index contributed by atoms with van der Waals surface area (Å²) >= 11 is 0. The molecular weight excluding hydrogens is 344 g/mol. The quantitative estimate of drug-likeness (QED) is 0.828. The number of amides is 1. The molecule has 0 aromatic heterocycles. The van der Waals surface area contributed by atoms with Crippen LogP contribution < -0.4 is 10.1 Å². The number of aliphatic carboxylic acids is 1. The lowest BCUT2D eigenvalue weighted by molar-refractivity contribution is -0.144. The van der Waals surface area contributed by atoms with Crippen molar-refractivity contribution >= 4 is 11.9 Å². The van der Waals surface area contributed by atoms with Gasteiger partial charge in [0.2, 0.25) is 5.91 Å². The lowest BCUT2D eigenvalue weighted by Crippen LogP contribution is -2.55. The van der Waals surface area contributed by atoms with Gasteiger partial charge in [-0.15, -0.1) is 0 Å². The zero-order chi connectivity index (χ0) is 19.0. The number of ether oxygens (including phenoxy) is 1. The number of likely N-dealkylation sites (tertiary alicyclic amines) is 1. The zero-order valence-electron chi connectivity index (χ0n) is 15.9. The fraction of sp³-hybridized carbons (Fsp3) is 0.619. The molecule has 0 saturated carbocycles. The second-order valence-corrected chi connectivity index (χ2v) is 8.09. The number of benzene rings is 1. The largest absolute Gasteiger partial charge is 0.494 e. The fourth-order valence-electron chi connectivity index (χ4n) is 5.01. The second kappa shape index (κ2) is 7.15. The van der Waals surface area contributed by atoms with E-state index in [0.29, 0.717) is 19.4 Å². The molecule has 3 aliphatic rings. The van der Waals surface area contributed by atoms with Gasteiger partial charge in [-0.3, -0.25) is 14.5 Å². The molecule has 1 spiro atoms. The summed E-state index contributed by atoms with van der Waals surface area (Å²) in [6.07, 6.45) is 4.97. The normalized spacial score (nSPS) is 24.0. The number of hydrogen-bond donors (Lipinski definition) is 2. The first kappa shape index (κ1) is 18.3. The van der Waals surface area contributed by atoms with Crippen LogP contribution in [0.5, 0.6) is 5.75 Å². The molecule has 1 aromatic rings. The number of nitrogens with one attached hydrogen (secondary N) is 1. The first-order valence-electron chi connectivity index (χ1n) is 10.0. The maximum atomic E-state index is 11.8. The molecule has 1 atom stereocenters. The SMILES string of the molecule is CCOc1cc2c(cc1CN1CCC3(CC1)NC(=O)CC3C(=O)O)CCC2. The van der Waals surface area contributed by atoms with Gasteiger partial charge in [0.25, 0.3) is 0 Å². The number of carboxylic acid groups (broad SMARTS) is 1. The maximum absolute atomic E-state index is 11.8. The van der Waals surface area contributed by atoms with E-state index in [4.69, 9.17) is 4.74 Å². The van der Waals surface area contributed by atoms with Crippen LogP contribution in [0, 0.1) is 5.92 Å². The summed E-state index contributed by atoms with van der Waals surface area (Å²) in [4.78, 5) is 25.8. The number of fused-ring (bicyclic) bond motifs is 1. The van der Waals surface area contributed by atoms with Crippen LogP contribution in [-0.4, -0.2) is 47.1 Å². The van der Waals surface area contributed by atoms with Crippen LogP contribution in [0.3, 0.4) is 0 Å². The Labute approximate surface area is 159 Å². The summed E-state index contributed by atoms with van der Waals surface area (Å²) in [6.45, 7) is 5.04. The Morgan fingerprint density at radius 2 is 2.00 bits per heavy atom. The van der Waals surface area contributed by atoms with Crippen LogP contribution in [0.25, 0.3) is 0 Å². The van der Waals surface area contributed by atoms with Crippen LogP contribution >= 0.6 is 0 Å². The molecule has 1 aliphatic carbocycles. The monoisotopic (exact) mass is 372 g/mol. The number of hydrogen-bond acceptors (Lipinski definition) is 4. The Kier molecular flexibility index (Phi) is 4.84. The molecule has 0 radical (unpaired) electrons. The van der Waals surface area contributed by atoms with Crippen molar-refractivity contribution < 1.29 is 19.4 Å². The average Bonchev–Trinajstić information content (AvgIpc) is 3.21. The molecule has 27 heavy (non-hydrogen) atoms. The number of nitrogens with zero attached hydrogens (tertiary/aromatic N) is 1. The van der Waals surface area contributed by atoms with E-state index in [1.165, 1.54) is 23.1 Å². The Hall–Kier alpha value is -2.08. The standard InChI is InChI=1S/C21H28N2O4/c1-2-27-18-11-15-5-3-4-14(15)10-16(18)13-23-8-6-21(7-9-23)17(20(25)26)12-19(24)22-21/h10-11,17H,2-9,12-13H2,1H3,(H,22,24)(H,25,26). The molecular formula is C21H28N2O4. The van der Waals surface area contributed by atoms with Gasteiger partial charge in [-0.2, -0.15) is 0 Å². The summed E-state index contributed by atoms with van der Waals surface area (Å²) < 4.78 is 5.90. The highest BCUT2D eigenvalue weighted by Crippen LogP contribution is 2.38. The van der Waals surface area contributed by atoms with Crippen LogP contribution in [0.4, 0.5) is 0 Å². The van der Waals surface area contributed by atoms with E-state index >= 15 is 0 Å². The van der Waals surface area contributed by atoms with E-state index in [1.807, 2.05) is 6.92 Å². The highest BCUT2D eigenvalue weighted by Gasteiger charge is 2.51. The van der Waals surface area contributed by atoms with Crippen LogP contribution in [0.1, 0.15) is 49.3 Å². The van der Waals surface area contributed by atoms with Gasteiger partial charge in [0.05, 0.1) is 18.1 Å². The minimum absolute atomic E-state index is 0.106. The lowest BCUT2D eigenvalue weighted by atomic mass is 9.77. The Morgan fingerprint density at radius 1 is 1.30 bits per heavy atom. The molecule has 2 N–H and O–H groups in total. The molecule has 1 unspecified atom stereocenters. The van der Waals surface area contributed by atoms with Crippen molar-refractivity contribution in [2.45, 2.75) is 57.5 Å². The molecule has 2 aliphatic heterocycles. The summed E-state index contributed by atoms with van der Waals surface area (Å²) in [5.74, 6) is -0.616. The van der Waals surface area contributed by atoms with Crippen molar-refractivity contribution in [3.05, 3.63) is 28.8 Å². The minimum atomic E-state index is -0.862. The van der Waals surface area contributed by atoms with Gasteiger partial charge in [-0.1, -0.05) is 6.07 Å². The van der Waals surface area contributed by atoms with E-state index in [0.717, 1.165) is 38.2 Å². The molecule has 2 heterocycles. The van der Waals surface area contributed by atoms with E-state index in [2.05, 4.69) is 22.3 Å². The number of rotatable bonds is 5. The molecule has 1 aromatic carbocycles. The average molecular weight is 372 g/mol. The van der Waals surface area contributed by atoms with Gasteiger partial charge in [0, 0.05) is 31.6 Å². The number of carbonyl (C=O) groups is 2. The van der Waals surface area contributed by atoms with Crippen molar-refractivity contribution in [2.75, 3.05) is 19.7 Å². The molecule has 0 bridgehead atoms. The van der Waals surface area contributed by atoms with Crippen molar-refractivity contribution in [2.24, 2.45) is 5.92 Å². The molecule has 4 rings (SSSR count). The molecule has 2 fully saturated rings. The number of carbonyl (C=O) groups excluding carboxylic acids is 1. The van der Waals surface area contributed by atoms with Gasteiger partial charge in [-0.05, 0) is 56.2 Å². The highest BCUT2D eigenvalue weighted by molar-refractivity contribution is 5.88. The minimum Gasteiger partial charge on any atom is -0.494 e. The second-order valence-electron chi connectivity index (χ2n) is 8.09. The third kappa shape index (κ3) is 3.43. The summed E-state index contributed by atoms with van der Waals surface area (Å²) in [5, 5.41) is 12.5. The van der Waals surface area contributed by atoms with Crippen LogP contribution in [0.2, 0.25) is 0 Å².